The lowest BCUT2D eigenvalue weighted by molar-refractivity contribution is 0.102. The summed E-state index contributed by atoms with van der Waals surface area (Å²) in [5.41, 5.74) is 2.69. The third-order valence-electron chi connectivity index (χ3n) is 3.52. The van der Waals surface area contributed by atoms with Crippen molar-refractivity contribution in [2.45, 2.75) is 30.6 Å². The summed E-state index contributed by atoms with van der Waals surface area (Å²) in [5.74, 6) is 0.365. The molecule has 0 bridgehead atoms. The van der Waals surface area contributed by atoms with Gasteiger partial charge in [0.25, 0.3) is 5.91 Å². The minimum absolute atomic E-state index is 0.148. The molecule has 0 spiro atoms. The first kappa shape index (κ1) is 13.2. The van der Waals surface area contributed by atoms with Crippen LogP contribution in [-0.2, 0) is 12.8 Å². The number of amides is 1. The van der Waals surface area contributed by atoms with Gasteiger partial charge < -0.3 is 4.52 Å². The van der Waals surface area contributed by atoms with E-state index < -0.39 is 0 Å². The number of aromatic nitrogens is 1. The SMILES string of the molecule is CSc1cccc(C(=O)Nc2onc3c2CCCC3)c1. The molecule has 20 heavy (non-hydrogen) atoms. The number of carbonyl (C=O) groups excluding carboxylic acids is 1. The standard InChI is InChI=1S/C15H16N2O2S/c1-20-11-6-4-5-10(9-11)14(18)16-15-12-7-2-3-8-13(12)17-19-15/h4-6,9H,2-3,7-8H2,1H3,(H,16,18). The molecule has 1 aromatic carbocycles. The largest absolute Gasteiger partial charge is 0.338 e. The Kier molecular flexibility index (Phi) is 3.78. The quantitative estimate of drug-likeness (QED) is 0.878. The van der Waals surface area contributed by atoms with Crippen molar-refractivity contribution in [3.8, 4) is 0 Å². The fourth-order valence-electron chi connectivity index (χ4n) is 2.43. The van der Waals surface area contributed by atoms with Crippen molar-refractivity contribution in [3.05, 3.63) is 41.1 Å². The highest BCUT2D eigenvalue weighted by molar-refractivity contribution is 7.98. The second-order valence-electron chi connectivity index (χ2n) is 4.83. The van der Waals surface area contributed by atoms with Crippen LogP contribution in [0, 0.1) is 0 Å². The van der Waals surface area contributed by atoms with E-state index >= 15 is 0 Å². The van der Waals surface area contributed by atoms with Crippen molar-refractivity contribution in [1.29, 1.82) is 0 Å². The molecule has 1 N–H and O–H groups in total. The number of benzene rings is 1. The van der Waals surface area contributed by atoms with E-state index in [-0.39, 0.29) is 5.91 Å². The topological polar surface area (TPSA) is 55.1 Å². The molecule has 3 rings (SSSR count). The van der Waals surface area contributed by atoms with Crippen molar-refractivity contribution in [2.24, 2.45) is 0 Å². The van der Waals surface area contributed by atoms with Gasteiger partial charge in [0, 0.05) is 16.0 Å². The van der Waals surface area contributed by atoms with Gasteiger partial charge in [-0.05, 0) is 50.1 Å². The van der Waals surface area contributed by atoms with Crippen LogP contribution in [0.4, 0.5) is 5.88 Å². The first-order valence-electron chi connectivity index (χ1n) is 6.71. The second-order valence-corrected chi connectivity index (χ2v) is 5.71. The van der Waals surface area contributed by atoms with Gasteiger partial charge in [0.05, 0.1) is 5.69 Å². The van der Waals surface area contributed by atoms with E-state index in [9.17, 15) is 4.79 Å². The molecule has 1 aliphatic rings. The lowest BCUT2D eigenvalue weighted by Gasteiger charge is -2.09. The van der Waals surface area contributed by atoms with Crippen LogP contribution in [0.2, 0.25) is 0 Å². The average molecular weight is 288 g/mol. The average Bonchev–Trinajstić information content (AvgIpc) is 2.90. The van der Waals surface area contributed by atoms with Crippen LogP contribution in [0.3, 0.4) is 0 Å². The number of anilines is 1. The number of nitrogens with one attached hydrogen (secondary N) is 1. The molecule has 2 aromatic rings. The van der Waals surface area contributed by atoms with Crippen LogP contribution < -0.4 is 5.32 Å². The molecule has 1 heterocycles. The third-order valence-corrected chi connectivity index (χ3v) is 4.24. The summed E-state index contributed by atoms with van der Waals surface area (Å²) in [6.07, 6.45) is 6.13. The number of aryl methyl sites for hydroxylation is 1. The van der Waals surface area contributed by atoms with Crippen molar-refractivity contribution in [1.82, 2.24) is 5.16 Å². The minimum Gasteiger partial charge on any atom is -0.338 e. The zero-order valence-corrected chi connectivity index (χ0v) is 12.1. The molecule has 1 amide bonds. The molecular formula is C15H16N2O2S. The summed E-state index contributed by atoms with van der Waals surface area (Å²) in [6.45, 7) is 0. The maximum Gasteiger partial charge on any atom is 0.258 e. The molecule has 0 fully saturated rings. The summed E-state index contributed by atoms with van der Waals surface area (Å²) >= 11 is 1.62. The van der Waals surface area contributed by atoms with Gasteiger partial charge in [0.15, 0.2) is 0 Å². The molecule has 0 radical (unpaired) electrons. The van der Waals surface area contributed by atoms with Crippen molar-refractivity contribution < 1.29 is 9.32 Å². The zero-order chi connectivity index (χ0) is 13.9. The van der Waals surface area contributed by atoms with E-state index in [1.807, 2.05) is 24.5 Å². The smallest absolute Gasteiger partial charge is 0.258 e. The molecule has 0 saturated heterocycles. The molecule has 1 aliphatic carbocycles. The monoisotopic (exact) mass is 288 g/mol. The summed E-state index contributed by atoms with van der Waals surface area (Å²) < 4.78 is 5.28. The van der Waals surface area contributed by atoms with Gasteiger partial charge in [-0.2, -0.15) is 0 Å². The minimum atomic E-state index is -0.148. The number of rotatable bonds is 3. The molecule has 5 heteroatoms. The summed E-state index contributed by atoms with van der Waals surface area (Å²) in [5, 5.41) is 6.88. The van der Waals surface area contributed by atoms with Crippen LogP contribution in [-0.4, -0.2) is 17.3 Å². The Morgan fingerprint density at radius 2 is 2.20 bits per heavy atom. The molecule has 0 aliphatic heterocycles. The first-order valence-corrected chi connectivity index (χ1v) is 7.93. The number of nitrogens with zero attached hydrogens (tertiary/aromatic N) is 1. The molecule has 0 saturated carbocycles. The molecule has 0 unspecified atom stereocenters. The van der Waals surface area contributed by atoms with E-state index in [1.165, 1.54) is 0 Å². The highest BCUT2D eigenvalue weighted by Crippen LogP contribution is 2.28. The number of hydrogen-bond donors (Lipinski definition) is 1. The Morgan fingerprint density at radius 1 is 1.35 bits per heavy atom. The number of fused-ring (bicyclic) bond motifs is 1. The number of carbonyl (C=O) groups is 1. The van der Waals surface area contributed by atoms with Crippen LogP contribution in [0.1, 0.15) is 34.5 Å². The number of thioether (sulfide) groups is 1. The van der Waals surface area contributed by atoms with Gasteiger partial charge in [-0.1, -0.05) is 11.2 Å². The highest BCUT2D eigenvalue weighted by Gasteiger charge is 2.21. The fourth-order valence-corrected chi connectivity index (χ4v) is 2.89. The van der Waals surface area contributed by atoms with Gasteiger partial charge in [0.2, 0.25) is 5.88 Å². The van der Waals surface area contributed by atoms with Crippen LogP contribution in [0.15, 0.2) is 33.7 Å². The predicted octanol–water partition coefficient (Wildman–Crippen LogP) is 3.53. The molecular weight excluding hydrogens is 272 g/mol. The van der Waals surface area contributed by atoms with E-state index in [4.69, 9.17) is 4.52 Å². The summed E-state index contributed by atoms with van der Waals surface area (Å²) in [6, 6.07) is 7.55. The van der Waals surface area contributed by atoms with Gasteiger partial charge in [-0.3, -0.25) is 10.1 Å². The Morgan fingerprint density at radius 3 is 3.05 bits per heavy atom. The van der Waals surface area contributed by atoms with E-state index in [0.29, 0.717) is 11.4 Å². The Bertz CT molecular complexity index is 637. The van der Waals surface area contributed by atoms with Crippen molar-refractivity contribution >= 4 is 23.6 Å². The van der Waals surface area contributed by atoms with Crippen molar-refractivity contribution in [2.75, 3.05) is 11.6 Å². The Hall–Kier alpha value is -1.75. The van der Waals surface area contributed by atoms with Crippen LogP contribution in [0.5, 0.6) is 0 Å². The summed E-state index contributed by atoms with van der Waals surface area (Å²) in [7, 11) is 0. The third kappa shape index (κ3) is 2.58. The van der Waals surface area contributed by atoms with Crippen LogP contribution in [0.25, 0.3) is 0 Å². The van der Waals surface area contributed by atoms with E-state index in [2.05, 4.69) is 10.5 Å². The Balaban J connectivity index is 1.80. The lowest BCUT2D eigenvalue weighted by atomic mass is 9.97. The highest BCUT2D eigenvalue weighted by atomic mass is 32.2. The van der Waals surface area contributed by atoms with E-state index in [0.717, 1.165) is 41.8 Å². The number of hydrogen-bond acceptors (Lipinski definition) is 4. The maximum atomic E-state index is 12.3. The zero-order valence-electron chi connectivity index (χ0n) is 11.3. The van der Waals surface area contributed by atoms with Gasteiger partial charge in [-0.15, -0.1) is 11.8 Å². The maximum absolute atomic E-state index is 12.3. The molecule has 4 nitrogen and oxygen atoms in total. The first-order chi connectivity index (χ1) is 9.78. The predicted molar refractivity (Wildman–Crippen MR) is 79.3 cm³/mol. The van der Waals surface area contributed by atoms with Crippen molar-refractivity contribution in [3.63, 3.8) is 0 Å². The normalized spacial score (nSPS) is 13.8. The fraction of sp³-hybridized carbons (Fsp3) is 0.333. The van der Waals surface area contributed by atoms with Gasteiger partial charge in [0.1, 0.15) is 0 Å². The molecule has 1 aromatic heterocycles. The Labute approximate surface area is 121 Å². The van der Waals surface area contributed by atoms with Gasteiger partial charge in [-0.25, -0.2) is 0 Å². The second kappa shape index (κ2) is 5.71. The van der Waals surface area contributed by atoms with Gasteiger partial charge >= 0.3 is 0 Å². The lowest BCUT2D eigenvalue weighted by Crippen LogP contribution is -2.13. The summed E-state index contributed by atoms with van der Waals surface area (Å²) in [4.78, 5) is 13.3. The van der Waals surface area contributed by atoms with E-state index in [1.54, 1.807) is 17.8 Å². The molecule has 0 atom stereocenters. The van der Waals surface area contributed by atoms with Crippen LogP contribution >= 0.6 is 11.8 Å². The molecule has 104 valence electrons.